The molecule has 2 aliphatic heterocycles. The Labute approximate surface area is 102 Å². The Kier molecular flexibility index (Phi) is 2.30. The molecule has 3 heteroatoms. The van der Waals surface area contributed by atoms with Crippen molar-refractivity contribution >= 4 is 0 Å². The van der Waals surface area contributed by atoms with Crippen LogP contribution in [0.25, 0.3) is 0 Å². The van der Waals surface area contributed by atoms with Crippen molar-refractivity contribution in [2.24, 2.45) is 11.8 Å². The van der Waals surface area contributed by atoms with E-state index in [4.69, 9.17) is 4.42 Å². The molecule has 0 spiro atoms. The van der Waals surface area contributed by atoms with E-state index >= 15 is 0 Å². The van der Waals surface area contributed by atoms with Gasteiger partial charge in [-0.05, 0) is 30.7 Å². The van der Waals surface area contributed by atoms with Gasteiger partial charge in [0.25, 0.3) is 0 Å². The highest BCUT2D eigenvalue weighted by Gasteiger charge is 2.44. The molecule has 2 saturated heterocycles. The van der Waals surface area contributed by atoms with Crippen LogP contribution in [0.2, 0.25) is 0 Å². The number of nitrogens with zero attached hydrogens (tertiary/aromatic N) is 2. The van der Waals surface area contributed by atoms with Crippen LogP contribution < -0.4 is 0 Å². The van der Waals surface area contributed by atoms with E-state index in [0.29, 0.717) is 0 Å². The predicted octanol–water partition coefficient (Wildman–Crippen LogP) is 1.81. The fraction of sp³-hybridized carbons (Fsp3) is 0.714. The van der Waals surface area contributed by atoms with E-state index in [1.54, 1.807) is 6.26 Å². The van der Waals surface area contributed by atoms with Gasteiger partial charge in [-0.15, -0.1) is 0 Å². The summed E-state index contributed by atoms with van der Waals surface area (Å²) in [5, 5.41) is 0. The molecule has 3 heterocycles. The van der Waals surface area contributed by atoms with Crippen molar-refractivity contribution in [2.75, 3.05) is 26.2 Å². The second-order valence-corrected chi connectivity index (χ2v) is 6.03. The molecule has 0 N–H and O–H groups in total. The summed E-state index contributed by atoms with van der Waals surface area (Å²) < 4.78 is 5.14. The highest BCUT2D eigenvalue weighted by Crippen LogP contribution is 2.38. The molecule has 1 aliphatic carbocycles. The van der Waals surface area contributed by atoms with E-state index in [1.165, 1.54) is 44.6 Å². The first-order valence-corrected chi connectivity index (χ1v) is 6.86. The van der Waals surface area contributed by atoms with Crippen LogP contribution in [0.5, 0.6) is 0 Å². The summed E-state index contributed by atoms with van der Waals surface area (Å²) in [6.45, 7) is 6.37. The van der Waals surface area contributed by atoms with E-state index in [1.807, 2.05) is 6.26 Å². The van der Waals surface area contributed by atoms with E-state index in [0.717, 1.165) is 24.4 Å². The van der Waals surface area contributed by atoms with Gasteiger partial charge in [-0.2, -0.15) is 0 Å². The lowest BCUT2D eigenvalue weighted by molar-refractivity contribution is 0.245. The van der Waals surface area contributed by atoms with Crippen molar-refractivity contribution < 1.29 is 4.42 Å². The third kappa shape index (κ3) is 1.91. The monoisotopic (exact) mass is 232 g/mol. The molecule has 3 aliphatic rings. The van der Waals surface area contributed by atoms with Gasteiger partial charge in [0, 0.05) is 44.3 Å². The van der Waals surface area contributed by atoms with Crippen molar-refractivity contribution in [1.82, 2.24) is 9.80 Å². The minimum Gasteiger partial charge on any atom is -0.472 e. The molecule has 1 aromatic rings. The van der Waals surface area contributed by atoms with Crippen LogP contribution in [0.1, 0.15) is 18.4 Å². The van der Waals surface area contributed by atoms with Crippen molar-refractivity contribution in [3.05, 3.63) is 24.2 Å². The Bertz CT molecular complexity index is 371. The maximum atomic E-state index is 5.14. The van der Waals surface area contributed by atoms with Gasteiger partial charge < -0.3 is 4.42 Å². The molecular formula is C14H20N2O. The van der Waals surface area contributed by atoms with Crippen LogP contribution in [0, 0.1) is 11.8 Å². The first-order chi connectivity index (χ1) is 8.38. The minimum absolute atomic E-state index is 0.933. The van der Waals surface area contributed by atoms with Gasteiger partial charge in [0.2, 0.25) is 0 Å². The zero-order valence-electron chi connectivity index (χ0n) is 10.2. The lowest BCUT2D eigenvalue weighted by Gasteiger charge is -2.20. The number of hydrogen-bond donors (Lipinski definition) is 0. The molecule has 92 valence electrons. The Hall–Kier alpha value is -0.800. The predicted molar refractivity (Wildman–Crippen MR) is 65.6 cm³/mol. The summed E-state index contributed by atoms with van der Waals surface area (Å²) in [5.41, 5.74) is 1.32. The van der Waals surface area contributed by atoms with E-state index in [9.17, 15) is 0 Å². The van der Waals surface area contributed by atoms with E-state index < -0.39 is 0 Å². The van der Waals surface area contributed by atoms with Crippen molar-refractivity contribution in [3.63, 3.8) is 0 Å². The maximum Gasteiger partial charge on any atom is 0.0947 e. The van der Waals surface area contributed by atoms with Gasteiger partial charge in [0.15, 0.2) is 0 Å². The summed E-state index contributed by atoms with van der Waals surface area (Å²) in [7, 11) is 0. The van der Waals surface area contributed by atoms with Crippen LogP contribution in [0.15, 0.2) is 23.0 Å². The molecule has 17 heavy (non-hydrogen) atoms. The highest BCUT2D eigenvalue weighted by atomic mass is 16.3. The summed E-state index contributed by atoms with van der Waals surface area (Å²) >= 11 is 0. The standard InChI is InChI=1S/C14H20N2O/c1-2-14(1)16-8-12-6-15(7-13(12)9-16)5-11-3-4-17-10-11/h3-4,10,12-14H,1-2,5-9H2. The van der Waals surface area contributed by atoms with Crippen molar-refractivity contribution in [2.45, 2.75) is 25.4 Å². The SMILES string of the molecule is c1cc(CN2CC3CN(C4CC4)CC3C2)co1. The summed E-state index contributed by atoms with van der Waals surface area (Å²) in [4.78, 5) is 5.34. The lowest BCUT2D eigenvalue weighted by atomic mass is 10.0. The fourth-order valence-electron chi connectivity index (χ4n) is 3.63. The van der Waals surface area contributed by atoms with Gasteiger partial charge in [0.1, 0.15) is 0 Å². The number of rotatable bonds is 3. The number of fused-ring (bicyclic) bond motifs is 1. The van der Waals surface area contributed by atoms with Gasteiger partial charge in [-0.1, -0.05) is 0 Å². The molecule has 1 saturated carbocycles. The van der Waals surface area contributed by atoms with Crippen LogP contribution in [0.4, 0.5) is 0 Å². The average Bonchev–Trinajstić information content (AvgIpc) is 2.72. The molecule has 2 unspecified atom stereocenters. The molecule has 4 rings (SSSR count). The molecule has 0 amide bonds. The number of likely N-dealkylation sites (tertiary alicyclic amines) is 2. The second kappa shape index (κ2) is 3.85. The molecule has 3 fully saturated rings. The van der Waals surface area contributed by atoms with Gasteiger partial charge in [0.05, 0.1) is 12.5 Å². The van der Waals surface area contributed by atoms with Gasteiger partial charge in [-0.3, -0.25) is 9.80 Å². The molecule has 0 bridgehead atoms. The third-order valence-corrected chi connectivity index (χ3v) is 4.64. The largest absolute Gasteiger partial charge is 0.472 e. The maximum absolute atomic E-state index is 5.14. The van der Waals surface area contributed by atoms with Crippen molar-refractivity contribution in [1.29, 1.82) is 0 Å². The normalized spacial score (nSPS) is 34.4. The molecule has 1 aromatic heterocycles. The zero-order valence-corrected chi connectivity index (χ0v) is 10.2. The van der Waals surface area contributed by atoms with E-state index in [-0.39, 0.29) is 0 Å². The summed E-state index contributed by atoms with van der Waals surface area (Å²) in [6, 6.07) is 3.05. The summed E-state index contributed by atoms with van der Waals surface area (Å²) in [6.07, 6.45) is 6.57. The van der Waals surface area contributed by atoms with Gasteiger partial charge in [-0.25, -0.2) is 0 Å². The topological polar surface area (TPSA) is 19.6 Å². The van der Waals surface area contributed by atoms with Crippen LogP contribution in [-0.2, 0) is 6.54 Å². The molecule has 0 aromatic carbocycles. The Morgan fingerprint density at radius 3 is 2.47 bits per heavy atom. The molecule has 2 atom stereocenters. The second-order valence-electron chi connectivity index (χ2n) is 6.03. The quantitative estimate of drug-likeness (QED) is 0.792. The van der Waals surface area contributed by atoms with Crippen LogP contribution >= 0.6 is 0 Å². The Balaban J connectivity index is 1.35. The van der Waals surface area contributed by atoms with Crippen LogP contribution in [0.3, 0.4) is 0 Å². The minimum atomic E-state index is 0.933. The number of furan rings is 1. The smallest absolute Gasteiger partial charge is 0.0947 e. The van der Waals surface area contributed by atoms with Crippen LogP contribution in [-0.4, -0.2) is 42.0 Å². The molecule has 0 radical (unpaired) electrons. The van der Waals surface area contributed by atoms with E-state index in [2.05, 4.69) is 15.9 Å². The number of hydrogen-bond acceptors (Lipinski definition) is 3. The van der Waals surface area contributed by atoms with Gasteiger partial charge >= 0.3 is 0 Å². The molecule has 3 nitrogen and oxygen atoms in total. The fourth-order valence-corrected chi connectivity index (χ4v) is 3.63. The first kappa shape index (κ1) is 10.2. The highest BCUT2D eigenvalue weighted by molar-refractivity contribution is 5.06. The van der Waals surface area contributed by atoms with Crippen molar-refractivity contribution in [3.8, 4) is 0 Å². The lowest BCUT2D eigenvalue weighted by Crippen LogP contribution is -2.29. The average molecular weight is 232 g/mol. The third-order valence-electron chi connectivity index (χ3n) is 4.64. The summed E-state index contributed by atoms with van der Waals surface area (Å²) in [5.74, 6) is 1.87. The molecular weight excluding hydrogens is 212 g/mol. The zero-order chi connectivity index (χ0) is 11.2. The first-order valence-electron chi connectivity index (χ1n) is 6.86. The Morgan fingerprint density at radius 1 is 1.12 bits per heavy atom. The Morgan fingerprint density at radius 2 is 1.88 bits per heavy atom.